The zero-order valence-corrected chi connectivity index (χ0v) is 15.0. The van der Waals surface area contributed by atoms with Gasteiger partial charge in [0.05, 0.1) is 17.2 Å². The third-order valence-corrected chi connectivity index (χ3v) is 4.21. The van der Waals surface area contributed by atoms with E-state index in [9.17, 15) is 4.79 Å². The van der Waals surface area contributed by atoms with Gasteiger partial charge in [-0.05, 0) is 43.2 Å². The summed E-state index contributed by atoms with van der Waals surface area (Å²) in [6.45, 7) is 0. The third kappa shape index (κ3) is 4.24. The van der Waals surface area contributed by atoms with Crippen LogP contribution >= 0.6 is 23.2 Å². The molecule has 3 rings (SSSR count). The first-order valence-corrected chi connectivity index (χ1v) is 8.46. The average molecular weight is 379 g/mol. The monoisotopic (exact) mass is 378 g/mol. The maximum atomic E-state index is 12.5. The molecule has 1 amide bonds. The zero-order valence-electron chi connectivity index (χ0n) is 13.5. The molecule has 1 aliphatic carbocycles. The number of ether oxygens (including phenoxy) is 2. The van der Waals surface area contributed by atoms with Crippen LogP contribution in [-0.2, 0) is 0 Å². The fourth-order valence-electron chi connectivity index (χ4n) is 2.46. The summed E-state index contributed by atoms with van der Waals surface area (Å²) in [4.78, 5) is 16.5. The van der Waals surface area contributed by atoms with Crippen molar-refractivity contribution < 1.29 is 14.3 Å². The van der Waals surface area contributed by atoms with Crippen molar-refractivity contribution in [1.29, 1.82) is 0 Å². The van der Waals surface area contributed by atoms with Crippen LogP contribution in [-0.4, -0.2) is 24.1 Å². The fourth-order valence-corrected chi connectivity index (χ4v) is 2.89. The average Bonchev–Trinajstić information content (AvgIpc) is 3.10. The van der Waals surface area contributed by atoms with Crippen molar-refractivity contribution in [2.75, 3.05) is 12.4 Å². The van der Waals surface area contributed by atoms with Crippen LogP contribution in [0.4, 0.5) is 5.82 Å². The van der Waals surface area contributed by atoms with E-state index < -0.39 is 0 Å². The molecule has 1 aromatic carbocycles. The van der Waals surface area contributed by atoms with Gasteiger partial charge in [0.25, 0.3) is 5.91 Å². The standard InChI is InChI=1S/C18H16Cl2N2O3/c1-24-15-7-6-11(8-16(15)25-13-4-2-3-5-13)18(23)22-17-14(20)9-12(19)10-21-17/h2,4,6-10,13H,3,5H2,1H3,(H,21,22,23). The molecule has 0 aliphatic heterocycles. The number of nitrogens with one attached hydrogen (secondary N) is 1. The summed E-state index contributed by atoms with van der Waals surface area (Å²) in [5.41, 5.74) is 0.408. The lowest BCUT2D eigenvalue weighted by atomic mass is 10.2. The smallest absolute Gasteiger partial charge is 0.256 e. The predicted octanol–water partition coefficient (Wildman–Crippen LogP) is 4.75. The number of benzene rings is 1. The van der Waals surface area contributed by atoms with Crippen molar-refractivity contribution in [3.05, 3.63) is 58.2 Å². The van der Waals surface area contributed by atoms with Gasteiger partial charge in [-0.2, -0.15) is 0 Å². The molecule has 1 aliphatic rings. The highest BCUT2D eigenvalue weighted by molar-refractivity contribution is 6.36. The first kappa shape index (κ1) is 17.6. The molecule has 7 heteroatoms. The number of amides is 1. The summed E-state index contributed by atoms with van der Waals surface area (Å²) < 4.78 is 11.2. The molecule has 130 valence electrons. The Bertz CT molecular complexity index is 824. The number of nitrogens with zero attached hydrogens (tertiary/aromatic N) is 1. The highest BCUT2D eigenvalue weighted by Crippen LogP contribution is 2.31. The molecular formula is C18H16Cl2N2O3. The van der Waals surface area contributed by atoms with Crippen LogP contribution in [0.5, 0.6) is 11.5 Å². The minimum absolute atomic E-state index is 0.0143. The van der Waals surface area contributed by atoms with Crippen molar-refractivity contribution in [2.24, 2.45) is 0 Å². The molecule has 0 radical (unpaired) electrons. The fraction of sp³-hybridized carbons (Fsp3) is 0.222. The number of anilines is 1. The molecule has 0 saturated heterocycles. The molecule has 1 heterocycles. The molecule has 0 saturated carbocycles. The van der Waals surface area contributed by atoms with Gasteiger partial charge >= 0.3 is 0 Å². The van der Waals surface area contributed by atoms with E-state index in [1.165, 1.54) is 12.3 Å². The number of pyridine rings is 1. The zero-order chi connectivity index (χ0) is 17.8. The quantitative estimate of drug-likeness (QED) is 0.762. The number of allylic oxidation sites excluding steroid dienone is 1. The Morgan fingerprint density at radius 1 is 1.28 bits per heavy atom. The SMILES string of the molecule is COc1ccc(C(=O)Nc2ncc(Cl)cc2Cl)cc1OC1C=CCC1. The number of carbonyl (C=O) groups excluding carboxylic acids is 1. The van der Waals surface area contributed by atoms with Crippen LogP contribution in [0.3, 0.4) is 0 Å². The summed E-state index contributed by atoms with van der Waals surface area (Å²) >= 11 is 11.8. The largest absolute Gasteiger partial charge is 0.493 e. The van der Waals surface area contributed by atoms with Crippen molar-refractivity contribution in [3.63, 3.8) is 0 Å². The topological polar surface area (TPSA) is 60.5 Å². The van der Waals surface area contributed by atoms with E-state index in [0.717, 1.165) is 12.8 Å². The molecule has 2 aromatic rings. The molecule has 5 nitrogen and oxygen atoms in total. The molecule has 0 fully saturated rings. The van der Waals surface area contributed by atoms with Crippen molar-refractivity contribution in [2.45, 2.75) is 18.9 Å². The predicted molar refractivity (Wildman–Crippen MR) is 98.0 cm³/mol. The first-order chi connectivity index (χ1) is 12.1. The van der Waals surface area contributed by atoms with Gasteiger partial charge in [0.15, 0.2) is 17.3 Å². The van der Waals surface area contributed by atoms with E-state index in [1.54, 1.807) is 25.3 Å². The van der Waals surface area contributed by atoms with Gasteiger partial charge in [0.2, 0.25) is 0 Å². The van der Waals surface area contributed by atoms with Gasteiger partial charge in [-0.15, -0.1) is 0 Å². The number of hydrogen-bond acceptors (Lipinski definition) is 4. The highest BCUT2D eigenvalue weighted by Gasteiger charge is 2.17. The van der Waals surface area contributed by atoms with Gasteiger partial charge < -0.3 is 14.8 Å². The molecular weight excluding hydrogens is 363 g/mol. The Morgan fingerprint density at radius 3 is 2.80 bits per heavy atom. The summed E-state index contributed by atoms with van der Waals surface area (Å²) in [5.74, 6) is 0.973. The normalized spacial score (nSPS) is 15.9. The summed E-state index contributed by atoms with van der Waals surface area (Å²) in [6.07, 6.45) is 7.36. The summed E-state index contributed by atoms with van der Waals surface area (Å²) in [7, 11) is 1.56. The van der Waals surface area contributed by atoms with E-state index in [-0.39, 0.29) is 22.9 Å². The minimum atomic E-state index is -0.355. The highest BCUT2D eigenvalue weighted by atomic mass is 35.5. The molecule has 0 bridgehead atoms. The molecule has 0 spiro atoms. The van der Waals surface area contributed by atoms with Crippen LogP contribution in [0.15, 0.2) is 42.6 Å². The van der Waals surface area contributed by atoms with Crippen LogP contribution < -0.4 is 14.8 Å². The second kappa shape index (κ2) is 7.76. The lowest BCUT2D eigenvalue weighted by Crippen LogP contribution is -2.15. The molecule has 1 unspecified atom stereocenters. The van der Waals surface area contributed by atoms with Crippen LogP contribution in [0.25, 0.3) is 0 Å². The van der Waals surface area contributed by atoms with Crippen molar-refractivity contribution in [1.82, 2.24) is 4.98 Å². The second-order valence-corrected chi connectivity index (χ2v) is 6.31. The molecule has 1 atom stereocenters. The Kier molecular flexibility index (Phi) is 5.46. The van der Waals surface area contributed by atoms with E-state index in [0.29, 0.717) is 22.1 Å². The van der Waals surface area contributed by atoms with E-state index in [2.05, 4.69) is 16.4 Å². The number of halogens is 2. The second-order valence-electron chi connectivity index (χ2n) is 5.47. The van der Waals surface area contributed by atoms with Gasteiger partial charge in [-0.1, -0.05) is 29.3 Å². The van der Waals surface area contributed by atoms with Gasteiger partial charge in [0.1, 0.15) is 6.10 Å². The van der Waals surface area contributed by atoms with Crippen LogP contribution in [0.1, 0.15) is 23.2 Å². The lowest BCUT2D eigenvalue weighted by molar-refractivity contribution is 0.102. The van der Waals surface area contributed by atoms with Crippen molar-refractivity contribution in [3.8, 4) is 11.5 Å². The number of hydrogen-bond donors (Lipinski definition) is 1. The molecule has 1 aromatic heterocycles. The Hall–Kier alpha value is -2.24. The molecule has 25 heavy (non-hydrogen) atoms. The van der Waals surface area contributed by atoms with Gasteiger partial charge in [-0.3, -0.25) is 4.79 Å². The summed E-state index contributed by atoms with van der Waals surface area (Å²) in [5, 5.41) is 3.32. The maximum Gasteiger partial charge on any atom is 0.256 e. The number of aromatic nitrogens is 1. The van der Waals surface area contributed by atoms with Gasteiger partial charge in [-0.25, -0.2) is 4.98 Å². The minimum Gasteiger partial charge on any atom is -0.493 e. The Labute approximate surface area is 155 Å². The van der Waals surface area contributed by atoms with E-state index >= 15 is 0 Å². The van der Waals surface area contributed by atoms with Crippen LogP contribution in [0.2, 0.25) is 10.0 Å². The van der Waals surface area contributed by atoms with E-state index in [4.69, 9.17) is 32.7 Å². The molecule has 1 N–H and O–H groups in total. The first-order valence-electron chi connectivity index (χ1n) is 7.70. The lowest BCUT2D eigenvalue weighted by Gasteiger charge is -2.16. The number of methoxy groups -OCH3 is 1. The number of carbonyl (C=O) groups is 1. The van der Waals surface area contributed by atoms with Gasteiger partial charge in [0, 0.05) is 11.8 Å². The third-order valence-electron chi connectivity index (χ3n) is 3.71. The van der Waals surface area contributed by atoms with Crippen molar-refractivity contribution >= 4 is 34.9 Å². The summed E-state index contributed by atoms with van der Waals surface area (Å²) in [6, 6.07) is 6.50. The number of rotatable bonds is 5. The van der Waals surface area contributed by atoms with E-state index in [1.807, 2.05) is 6.08 Å². The van der Waals surface area contributed by atoms with Crippen LogP contribution in [0, 0.1) is 0 Å². The maximum absolute atomic E-state index is 12.5. The Balaban J connectivity index is 1.80. The Morgan fingerprint density at radius 2 is 2.12 bits per heavy atom.